The lowest BCUT2D eigenvalue weighted by molar-refractivity contribution is -0.123. The summed E-state index contributed by atoms with van der Waals surface area (Å²) in [6.45, 7) is 3.98. The Kier molecular flexibility index (Phi) is 7.84. The molecule has 9 heteroatoms. The molecule has 0 spiro atoms. The van der Waals surface area contributed by atoms with Gasteiger partial charge in [0.05, 0.1) is 5.69 Å². The number of rotatable bonds is 9. The Bertz CT molecular complexity index is 984. The fourth-order valence-corrected chi connectivity index (χ4v) is 4.84. The van der Waals surface area contributed by atoms with Gasteiger partial charge in [0.2, 0.25) is 5.91 Å². The number of nitrogen functional groups attached to an aromatic ring is 1. The number of aromatic nitrogens is 1. The summed E-state index contributed by atoms with van der Waals surface area (Å²) in [5.41, 5.74) is 12.8. The van der Waals surface area contributed by atoms with Crippen LogP contribution in [0.4, 0.5) is 11.4 Å². The minimum absolute atomic E-state index is 0.0457. The number of hydrogen-bond acceptors (Lipinski definition) is 6. The molecule has 0 unspecified atom stereocenters. The van der Waals surface area contributed by atoms with Crippen LogP contribution in [0, 0.1) is 6.92 Å². The van der Waals surface area contributed by atoms with Crippen LogP contribution in [0.15, 0.2) is 24.3 Å². The van der Waals surface area contributed by atoms with E-state index in [1.165, 1.54) is 4.90 Å². The minimum Gasteiger partial charge on any atom is -0.395 e. The maximum absolute atomic E-state index is 13.7. The van der Waals surface area contributed by atoms with Crippen LogP contribution in [0.5, 0.6) is 0 Å². The molecule has 0 bridgehead atoms. The number of amides is 3. The first-order valence-electron chi connectivity index (χ1n) is 11.1. The average Bonchev–Trinajstić information content (AvgIpc) is 3.40. The standard InChI is InChI=1S/C23H31N5O3S/c1-3-4-12-17(22(30)26-15-9-5-6-10-15)28(16-11-7-8-14(2)13-16)23(31)20-18(24)19(21(25)29)27-32-20/h7-8,11,13,15,17H,3-6,9-10,12,24H2,1-2H3,(H2,25,29)(H,26,30)/t17-/m0/s1. The Morgan fingerprint density at radius 3 is 2.59 bits per heavy atom. The number of nitrogens with two attached hydrogens (primary N) is 2. The topological polar surface area (TPSA) is 131 Å². The quantitative estimate of drug-likeness (QED) is 0.531. The van der Waals surface area contributed by atoms with E-state index in [2.05, 4.69) is 9.69 Å². The summed E-state index contributed by atoms with van der Waals surface area (Å²) in [5.74, 6) is -1.42. The Morgan fingerprint density at radius 2 is 2.00 bits per heavy atom. The number of nitrogens with one attached hydrogen (secondary N) is 1. The molecular formula is C23H31N5O3S. The van der Waals surface area contributed by atoms with E-state index >= 15 is 0 Å². The van der Waals surface area contributed by atoms with E-state index in [0.29, 0.717) is 12.1 Å². The van der Waals surface area contributed by atoms with Crippen molar-refractivity contribution in [2.24, 2.45) is 5.73 Å². The molecule has 32 heavy (non-hydrogen) atoms. The minimum atomic E-state index is -0.790. The van der Waals surface area contributed by atoms with Gasteiger partial charge in [-0.25, -0.2) is 0 Å². The number of unbranched alkanes of at least 4 members (excludes halogenated alkanes) is 1. The molecule has 1 aliphatic rings. The number of primary amides is 1. The molecule has 1 aliphatic carbocycles. The number of anilines is 2. The van der Waals surface area contributed by atoms with Crippen molar-refractivity contribution >= 4 is 40.6 Å². The molecule has 0 radical (unpaired) electrons. The van der Waals surface area contributed by atoms with Gasteiger partial charge >= 0.3 is 0 Å². The molecule has 2 aromatic rings. The van der Waals surface area contributed by atoms with Crippen LogP contribution < -0.4 is 21.7 Å². The summed E-state index contributed by atoms with van der Waals surface area (Å²) >= 11 is 0.827. The maximum atomic E-state index is 13.7. The molecule has 1 atom stereocenters. The Morgan fingerprint density at radius 1 is 1.28 bits per heavy atom. The summed E-state index contributed by atoms with van der Waals surface area (Å²) < 4.78 is 3.97. The number of nitrogens with zero attached hydrogens (tertiary/aromatic N) is 2. The lowest BCUT2D eigenvalue weighted by Gasteiger charge is -2.32. The largest absolute Gasteiger partial charge is 0.395 e. The van der Waals surface area contributed by atoms with Gasteiger partial charge in [-0.3, -0.25) is 19.3 Å². The average molecular weight is 458 g/mol. The normalized spacial score (nSPS) is 14.8. The number of benzene rings is 1. The fraction of sp³-hybridized carbons (Fsp3) is 0.478. The third kappa shape index (κ3) is 5.27. The van der Waals surface area contributed by atoms with Crippen LogP contribution in [0.3, 0.4) is 0 Å². The lowest BCUT2D eigenvalue weighted by atomic mass is 10.0. The van der Waals surface area contributed by atoms with Gasteiger partial charge in [-0.05, 0) is 55.4 Å². The van der Waals surface area contributed by atoms with Crippen molar-refractivity contribution in [2.75, 3.05) is 10.6 Å². The zero-order chi connectivity index (χ0) is 23.3. The highest BCUT2D eigenvalue weighted by molar-refractivity contribution is 7.09. The summed E-state index contributed by atoms with van der Waals surface area (Å²) in [6, 6.07) is 6.88. The number of carbonyl (C=O) groups is 3. The molecule has 3 amide bonds. The van der Waals surface area contributed by atoms with Crippen molar-refractivity contribution < 1.29 is 14.4 Å². The van der Waals surface area contributed by atoms with E-state index in [-0.39, 0.29) is 28.2 Å². The highest BCUT2D eigenvalue weighted by Gasteiger charge is 2.35. The molecule has 1 heterocycles. The first-order valence-corrected chi connectivity index (χ1v) is 11.9. The highest BCUT2D eigenvalue weighted by atomic mass is 32.1. The molecule has 1 aromatic heterocycles. The second-order valence-electron chi connectivity index (χ2n) is 8.30. The molecule has 1 fully saturated rings. The van der Waals surface area contributed by atoms with Gasteiger partial charge < -0.3 is 16.8 Å². The van der Waals surface area contributed by atoms with Gasteiger partial charge in [0.15, 0.2) is 5.69 Å². The second-order valence-corrected chi connectivity index (χ2v) is 9.07. The van der Waals surface area contributed by atoms with Crippen LogP contribution in [-0.2, 0) is 4.79 Å². The van der Waals surface area contributed by atoms with Crippen LogP contribution >= 0.6 is 11.5 Å². The molecule has 172 valence electrons. The van der Waals surface area contributed by atoms with Crippen molar-refractivity contribution in [1.29, 1.82) is 0 Å². The van der Waals surface area contributed by atoms with E-state index in [1.54, 1.807) is 6.07 Å². The predicted octanol–water partition coefficient (Wildman–Crippen LogP) is 3.40. The highest BCUT2D eigenvalue weighted by Crippen LogP contribution is 2.30. The van der Waals surface area contributed by atoms with E-state index in [1.807, 2.05) is 32.0 Å². The molecule has 8 nitrogen and oxygen atoms in total. The Balaban J connectivity index is 2.03. The third-order valence-corrected chi connectivity index (χ3v) is 6.65. The fourth-order valence-electron chi connectivity index (χ4n) is 4.10. The van der Waals surface area contributed by atoms with Crippen molar-refractivity contribution in [2.45, 2.75) is 70.9 Å². The molecule has 0 saturated heterocycles. The van der Waals surface area contributed by atoms with Crippen LogP contribution in [0.2, 0.25) is 0 Å². The Hall–Kier alpha value is -2.94. The molecule has 5 N–H and O–H groups in total. The van der Waals surface area contributed by atoms with Gasteiger partial charge in [-0.2, -0.15) is 4.37 Å². The molecule has 0 aliphatic heterocycles. The summed E-state index contributed by atoms with van der Waals surface area (Å²) in [6.07, 6.45) is 6.27. The van der Waals surface area contributed by atoms with Crippen LogP contribution in [0.1, 0.15) is 77.6 Å². The van der Waals surface area contributed by atoms with Crippen molar-refractivity contribution in [3.8, 4) is 0 Å². The van der Waals surface area contributed by atoms with Crippen molar-refractivity contribution in [3.05, 3.63) is 40.4 Å². The third-order valence-electron chi connectivity index (χ3n) is 5.80. The molecule has 1 aromatic carbocycles. The second kappa shape index (κ2) is 10.6. The van der Waals surface area contributed by atoms with E-state index < -0.39 is 17.9 Å². The number of aryl methyl sites for hydroxylation is 1. The SMILES string of the molecule is CCCC[C@@H](C(=O)NC1CCCC1)N(C(=O)c1snc(C(N)=O)c1N)c1cccc(C)c1. The van der Waals surface area contributed by atoms with Gasteiger partial charge in [0, 0.05) is 11.7 Å². The van der Waals surface area contributed by atoms with E-state index in [9.17, 15) is 14.4 Å². The Labute approximate surface area is 192 Å². The van der Waals surface area contributed by atoms with E-state index in [0.717, 1.165) is 55.6 Å². The zero-order valence-electron chi connectivity index (χ0n) is 18.6. The van der Waals surface area contributed by atoms with Crippen LogP contribution in [0.25, 0.3) is 0 Å². The first-order chi connectivity index (χ1) is 15.3. The van der Waals surface area contributed by atoms with Crippen molar-refractivity contribution in [1.82, 2.24) is 9.69 Å². The summed E-state index contributed by atoms with van der Waals surface area (Å²) in [7, 11) is 0. The van der Waals surface area contributed by atoms with Gasteiger partial charge in [-0.15, -0.1) is 0 Å². The van der Waals surface area contributed by atoms with Gasteiger partial charge in [0.25, 0.3) is 11.8 Å². The van der Waals surface area contributed by atoms with Crippen LogP contribution in [-0.4, -0.2) is 34.2 Å². The van der Waals surface area contributed by atoms with E-state index in [4.69, 9.17) is 11.5 Å². The number of hydrogen-bond donors (Lipinski definition) is 3. The number of carbonyl (C=O) groups excluding carboxylic acids is 3. The zero-order valence-corrected chi connectivity index (χ0v) is 19.4. The molecule has 1 saturated carbocycles. The lowest BCUT2D eigenvalue weighted by Crippen LogP contribution is -2.52. The van der Waals surface area contributed by atoms with Gasteiger partial charge in [0.1, 0.15) is 10.9 Å². The first kappa shape index (κ1) is 23.7. The summed E-state index contributed by atoms with van der Waals surface area (Å²) in [5, 5.41) is 3.15. The predicted molar refractivity (Wildman–Crippen MR) is 127 cm³/mol. The van der Waals surface area contributed by atoms with Crippen molar-refractivity contribution in [3.63, 3.8) is 0 Å². The monoisotopic (exact) mass is 457 g/mol. The summed E-state index contributed by atoms with van der Waals surface area (Å²) in [4.78, 5) is 40.4. The maximum Gasteiger partial charge on any atom is 0.272 e. The van der Waals surface area contributed by atoms with Gasteiger partial charge in [-0.1, -0.05) is 44.7 Å². The molecule has 3 rings (SSSR count). The molecular weight excluding hydrogens is 426 g/mol. The smallest absolute Gasteiger partial charge is 0.272 e.